The summed E-state index contributed by atoms with van der Waals surface area (Å²) in [6, 6.07) is 32.0. The van der Waals surface area contributed by atoms with E-state index in [0.717, 1.165) is 22.8 Å². The van der Waals surface area contributed by atoms with Gasteiger partial charge in [0.1, 0.15) is 23.9 Å². The summed E-state index contributed by atoms with van der Waals surface area (Å²) >= 11 is 0. The minimum absolute atomic E-state index is 0.183. The molecule has 4 aromatic rings. The van der Waals surface area contributed by atoms with Gasteiger partial charge in [-0.05, 0) is 55.7 Å². The first-order valence-corrected chi connectivity index (χ1v) is 12.3. The molecule has 1 aliphatic rings. The molecule has 0 saturated carbocycles. The molecule has 0 spiro atoms. The molecular formula is C32H32O3. The van der Waals surface area contributed by atoms with Gasteiger partial charge in [0.25, 0.3) is 0 Å². The molecule has 5 rings (SSSR count). The van der Waals surface area contributed by atoms with Crippen LogP contribution < -0.4 is 14.2 Å². The molecule has 0 aliphatic carbocycles. The van der Waals surface area contributed by atoms with Gasteiger partial charge in [-0.1, -0.05) is 77.9 Å². The molecule has 1 aliphatic heterocycles. The quantitative estimate of drug-likeness (QED) is 0.282. The highest BCUT2D eigenvalue weighted by molar-refractivity contribution is 5.51. The summed E-state index contributed by atoms with van der Waals surface area (Å²) in [5.74, 6) is 3.02. The Balaban J connectivity index is 1.46. The lowest BCUT2D eigenvalue weighted by Crippen LogP contribution is -2.25. The Labute approximate surface area is 208 Å². The second kappa shape index (κ2) is 10.3. The lowest BCUT2D eigenvalue weighted by molar-refractivity contribution is 0.245. The van der Waals surface area contributed by atoms with E-state index in [9.17, 15) is 0 Å². The first-order valence-electron chi connectivity index (χ1n) is 12.3. The number of rotatable bonds is 7. The summed E-state index contributed by atoms with van der Waals surface area (Å²) < 4.78 is 18.1. The van der Waals surface area contributed by atoms with Crippen LogP contribution in [-0.4, -0.2) is 13.2 Å². The van der Waals surface area contributed by atoms with Crippen LogP contribution in [-0.2, 0) is 6.61 Å². The molecule has 0 fully saturated rings. The van der Waals surface area contributed by atoms with Gasteiger partial charge >= 0.3 is 0 Å². The summed E-state index contributed by atoms with van der Waals surface area (Å²) in [5, 5.41) is 0. The summed E-state index contributed by atoms with van der Waals surface area (Å²) in [5.41, 5.74) is 7.42. The highest BCUT2D eigenvalue weighted by atomic mass is 16.5. The van der Waals surface area contributed by atoms with Crippen molar-refractivity contribution >= 4 is 0 Å². The SMILES string of the molecule is CCOc1ccc(C2c3ccc(OCc4ccc(C)cc4)cc3OCC2c2cccc(C)c2)cc1. The van der Waals surface area contributed by atoms with Gasteiger partial charge in [0.15, 0.2) is 0 Å². The Bertz CT molecular complexity index is 1280. The van der Waals surface area contributed by atoms with E-state index in [1.807, 2.05) is 13.0 Å². The van der Waals surface area contributed by atoms with Crippen LogP contribution in [0.25, 0.3) is 0 Å². The third-order valence-corrected chi connectivity index (χ3v) is 6.69. The van der Waals surface area contributed by atoms with Gasteiger partial charge in [-0.25, -0.2) is 0 Å². The summed E-state index contributed by atoms with van der Waals surface area (Å²) in [6.07, 6.45) is 0. The summed E-state index contributed by atoms with van der Waals surface area (Å²) in [7, 11) is 0. The molecule has 1 heterocycles. The number of hydrogen-bond donors (Lipinski definition) is 0. The van der Waals surface area contributed by atoms with Gasteiger partial charge < -0.3 is 14.2 Å². The number of benzene rings is 4. The van der Waals surface area contributed by atoms with Crippen LogP contribution in [0.15, 0.2) is 91.0 Å². The molecule has 4 aromatic carbocycles. The molecule has 3 heteroatoms. The second-order valence-corrected chi connectivity index (χ2v) is 9.29. The first kappa shape index (κ1) is 23.0. The smallest absolute Gasteiger partial charge is 0.126 e. The van der Waals surface area contributed by atoms with Crippen molar-refractivity contribution in [3.8, 4) is 17.2 Å². The minimum atomic E-state index is 0.183. The van der Waals surface area contributed by atoms with E-state index in [1.165, 1.54) is 27.8 Å². The van der Waals surface area contributed by atoms with E-state index in [4.69, 9.17) is 14.2 Å². The molecule has 2 unspecified atom stereocenters. The van der Waals surface area contributed by atoms with Gasteiger partial charge in [-0.2, -0.15) is 0 Å². The van der Waals surface area contributed by atoms with Crippen LogP contribution in [0.4, 0.5) is 0 Å². The predicted octanol–water partition coefficient (Wildman–Crippen LogP) is 7.59. The van der Waals surface area contributed by atoms with E-state index in [1.54, 1.807) is 0 Å². The highest BCUT2D eigenvalue weighted by Gasteiger charge is 2.33. The Hall–Kier alpha value is -3.72. The van der Waals surface area contributed by atoms with Crippen molar-refractivity contribution in [2.75, 3.05) is 13.2 Å². The first-order chi connectivity index (χ1) is 17.1. The topological polar surface area (TPSA) is 27.7 Å². The Morgan fingerprint density at radius 2 is 1.51 bits per heavy atom. The van der Waals surface area contributed by atoms with Crippen molar-refractivity contribution in [2.24, 2.45) is 0 Å². The maximum Gasteiger partial charge on any atom is 0.126 e. The normalized spacial score (nSPS) is 16.8. The zero-order chi connectivity index (χ0) is 24.2. The number of fused-ring (bicyclic) bond motifs is 1. The van der Waals surface area contributed by atoms with Gasteiger partial charge in [0, 0.05) is 23.5 Å². The number of hydrogen-bond acceptors (Lipinski definition) is 3. The molecule has 0 aromatic heterocycles. The van der Waals surface area contributed by atoms with Crippen molar-refractivity contribution in [3.63, 3.8) is 0 Å². The van der Waals surface area contributed by atoms with E-state index >= 15 is 0 Å². The van der Waals surface area contributed by atoms with Crippen LogP contribution in [0.1, 0.15) is 52.1 Å². The van der Waals surface area contributed by atoms with E-state index in [-0.39, 0.29) is 11.8 Å². The van der Waals surface area contributed by atoms with Crippen molar-refractivity contribution in [1.29, 1.82) is 0 Å². The van der Waals surface area contributed by atoms with E-state index < -0.39 is 0 Å². The van der Waals surface area contributed by atoms with Crippen molar-refractivity contribution < 1.29 is 14.2 Å². The van der Waals surface area contributed by atoms with Crippen molar-refractivity contribution in [1.82, 2.24) is 0 Å². The Morgan fingerprint density at radius 1 is 0.743 bits per heavy atom. The fourth-order valence-corrected chi connectivity index (χ4v) is 4.87. The predicted molar refractivity (Wildman–Crippen MR) is 141 cm³/mol. The molecule has 0 saturated heterocycles. The fraction of sp³-hybridized carbons (Fsp3) is 0.250. The van der Waals surface area contributed by atoms with Gasteiger partial charge in [0.05, 0.1) is 13.2 Å². The average Bonchev–Trinajstić information content (AvgIpc) is 2.88. The summed E-state index contributed by atoms with van der Waals surface area (Å²) in [6.45, 7) is 8.07. The standard InChI is InChI=1S/C32H32O3/c1-4-33-27-14-12-25(13-15-27)32-29-17-16-28(34-20-24-10-8-22(2)9-11-24)19-31(29)35-21-30(32)26-7-5-6-23(3)18-26/h5-19,30,32H,4,20-21H2,1-3H3. The molecule has 0 amide bonds. The number of aryl methyl sites for hydroxylation is 2. The Kier molecular flexibility index (Phi) is 6.76. The molecular weight excluding hydrogens is 432 g/mol. The maximum atomic E-state index is 6.35. The van der Waals surface area contributed by atoms with Gasteiger partial charge in [-0.15, -0.1) is 0 Å². The number of ether oxygens (including phenoxy) is 3. The zero-order valence-electron chi connectivity index (χ0n) is 20.7. The lowest BCUT2D eigenvalue weighted by atomic mass is 9.75. The minimum Gasteiger partial charge on any atom is -0.494 e. The third kappa shape index (κ3) is 5.19. The van der Waals surface area contributed by atoms with E-state index in [0.29, 0.717) is 19.8 Å². The van der Waals surface area contributed by atoms with Gasteiger partial charge in [0.2, 0.25) is 0 Å². The van der Waals surface area contributed by atoms with Crippen LogP contribution in [0, 0.1) is 13.8 Å². The van der Waals surface area contributed by atoms with Crippen LogP contribution in [0.3, 0.4) is 0 Å². The highest BCUT2D eigenvalue weighted by Crippen LogP contribution is 2.47. The zero-order valence-corrected chi connectivity index (χ0v) is 20.7. The largest absolute Gasteiger partial charge is 0.494 e. The van der Waals surface area contributed by atoms with E-state index in [2.05, 4.69) is 98.8 Å². The second-order valence-electron chi connectivity index (χ2n) is 9.29. The monoisotopic (exact) mass is 464 g/mol. The van der Waals surface area contributed by atoms with Crippen LogP contribution in [0.5, 0.6) is 17.2 Å². The molecule has 35 heavy (non-hydrogen) atoms. The molecule has 0 N–H and O–H groups in total. The molecule has 178 valence electrons. The molecule has 3 nitrogen and oxygen atoms in total. The Morgan fingerprint density at radius 3 is 2.26 bits per heavy atom. The van der Waals surface area contributed by atoms with Crippen LogP contribution >= 0.6 is 0 Å². The fourth-order valence-electron chi connectivity index (χ4n) is 4.87. The van der Waals surface area contributed by atoms with Crippen molar-refractivity contribution in [3.05, 3.63) is 124 Å². The van der Waals surface area contributed by atoms with Crippen LogP contribution in [0.2, 0.25) is 0 Å². The lowest BCUT2D eigenvalue weighted by Gasteiger charge is -2.35. The molecule has 0 radical (unpaired) electrons. The molecule has 0 bridgehead atoms. The molecule has 2 atom stereocenters. The average molecular weight is 465 g/mol. The van der Waals surface area contributed by atoms with Crippen molar-refractivity contribution in [2.45, 2.75) is 39.2 Å². The van der Waals surface area contributed by atoms with Gasteiger partial charge in [-0.3, -0.25) is 0 Å². The maximum absolute atomic E-state index is 6.35. The summed E-state index contributed by atoms with van der Waals surface area (Å²) in [4.78, 5) is 0. The third-order valence-electron chi connectivity index (χ3n) is 6.69.